The largest absolute Gasteiger partial charge is 0.334 e. The standard InChI is InChI=1S/C15H15N3O3/c16-11-15(8-1-2-9-15)17-14(19)7-6-12-4-3-5-13(10-12)18(20)21/h3-7,10H,1-2,8-9H2,(H,17,19)/b7-6+. The zero-order chi connectivity index (χ0) is 15.3. The summed E-state index contributed by atoms with van der Waals surface area (Å²) in [5.74, 6) is -0.357. The maximum atomic E-state index is 11.9. The quantitative estimate of drug-likeness (QED) is 0.522. The predicted octanol–water partition coefficient (Wildman–Crippen LogP) is 2.56. The van der Waals surface area contributed by atoms with Crippen molar-refractivity contribution in [3.05, 3.63) is 46.0 Å². The Hall–Kier alpha value is -2.68. The third-order valence-corrected chi connectivity index (χ3v) is 3.54. The predicted molar refractivity (Wildman–Crippen MR) is 77.1 cm³/mol. The lowest BCUT2D eigenvalue weighted by molar-refractivity contribution is -0.384. The van der Waals surface area contributed by atoms with Crippen LogP contribution in [-0.2, 0) is 4.79 Å². The number of nitrogens with zero attached hydrogens (tertiary/aromatic N) is 2. The van der Waals surface area contributed by atoms with Gasteiger partial charge in [-0.2, -0.15) is 5.26 Å². The van der Waals surface area contributed by atoms with Crippen LogP contribution in [-0.4, -0.2) is 16.4 Å². The SMILES string of the molecule is N#CC1(NC(=O)/C=C/c2cccc([N+](=O)[O-])c2)CCCC1. The molecule has 108 valence electrons. The molecule has 0 unspecified atom stereocenters. The van der Waals surface area contributed by atoms with Crippen molar-refractivity contribution in [2.24, 2.45) is 0 Å². The van der Waals surface area contributed by atoms with Crippen molar-refractivity contribution >= 4 is 17.7 Å². The number of nitrogens with one attached hydrogen (secondary N) is 1. The van der Waals surface area contributed by atoms with E-state index in [-0.39, 0.29) is 11.6 Å². The van der Waals surface area contributed by atoms with Gasteiger partial charge in [0.05, 0.1) is 11.0 Å². The van der Waals surface area contributed by atoms with Gasteiger partial charge in [-0.1, -0.05) is 12.1 Å². The summed E-state index contributed by atoms with van der Waals surface area (Å²) in [5.41, 5.74) is -0.219. The monoisotopic (exact) mass is 285 g/mol. The number of amides is 1. The lowest BCUT2D eigenvalue weighted by Crippen LogP contribution is -2.44. The average molecular weight is 285 g/mol. The molecular weight excluding hydrogens is 270 g/mol. The smallest absolute Gasteiger partial charge is 0.270 e. The summed E-state index contributed by atoms with van der Waals surface area (Å²) in [6.07, 6.45) is 6.00. The van der Waals surface area contributed by atoms with E-state index in [0.29, 0.717) is 18.4 Å². The summed E-state index contributed by atoms with van der Waals surface area (Å²) in [4.78, 5) is 22.1. The molecule has 0 atom stereocenters. The Kier molecular flexibility index (Phi) is 4.33. The van der Waals surface area contributed by atoms with Gasteiger partial charge in [0.25, 0.3) is 5.69 Å². The highest BCUT2D eigenvalue weighted by Gasteiger charge is 2.34. The lowest BCUT2D eigenvalue weighted by atomic mass is 10.00. The summed E-state index contributed by atoms with van der Waals surface area (Å²) < 4.78 is 0. The molecule has 0 heterocycles. The van der Waals surface area contributed by atoms with E-state index in [4.69, 9.17) is 0 Å². The first kappa shape index (κ1) is 14.7. The molecule has 2 rings (SSSR count). The van der Waals surface area contributed by atoms with Crippen molar-refractivity contribution in [3.63, 3.8) is 0 Å². The second-order valence-electron chi connectivity index (χ2n) is 5.08. The molecule has 0 spiro atoms. The fraction of sp³-hybridized carbons (Fsp3) is 0.333. The van der Waals surface area contributed by atoms with Gasteiger partial charge >= 0.3 is 0 Å². The van der Waals surface area contributed by atoms with E-state index in [1.54, 1.807) is 12.1 Å². The second kappa shape index (κ2) is 6.18. The van der Waals surface area contributed by atoms with Gasteiger partial charge in [0.15, 0.2) is 0 Å². The Morgan fingerprint density at radius 1 is 1.43 bits per heavy atom. The maximum Gasteiger partial charge on any atom is 0.270 e. The lowest BCUT2D eigenvalue weighted by Gasteiger charge is -2.20. The van der Waals surface area contributed by atoms with Crippen LogP contribution < -0.4 is 5.32 Å². The zero-order valence-electron chi connectivity index (χ0n) is 11.4. The van der Waals surface area contributed by atoms with Crippen LogP contribution in [0.4, 0.5) is 5.69 Å². The number of hydrogen-bond acceptors (Lipinski definition) is 4. The van der Waals surface area contributed by atoms with Crippen LogP contribution in [0, 0.1) is 21.4 Å². The van der Waals surface area contributed by atoms with Gasteiger partial charge in [-0.3, -0.25) is 14.9 Å². The van der Waals surface area contributed by atoms with Crippen LogP contribution in [0.3, 0.4) is 0 Å². The first-order chi connectivity index (χ1) is 10.0. The highest BCUT2D eigenvalue weighted by Crippen LogP contribution is 2.28. The van der Waals surface area contributed by atoms with E-state index in [0.717, 1.165) is 12.8 Å². The van der Waals surface area contributed by atoms with E-state index in [9.17, 15) is 20.2 Å². The van der Waals surface area contributed by atoms with Crippen molar-refractivity contribution in [1.29, 1.82) is 5.26 Å². The van der Waals surface area contributed by atoms with Crippen molar-refractivity contribution in [1.82, 2.24) is 5.32 Å². The molecular formula is C15H15N3O3. The molecule has 0 saturated heterocycles. The van der Waals surface area contributed by atoms with E-state index in [1.165, 1.54) is 24.3 Å². The Labute approximate surface area is 122 Å². The van der Waals surface area contributed by atoms with Gasteiger partial charge in [-0.15, -0.1) is 0 Å². The Balaban J connectivity index is 2.04. The Morgan fingerprint density at radius 3 is 2.76 bits per heavy atom. The van der Waals surface area contributed by atoms with Crippen molar-refractivity contribution < 1.29 is 9.72 Å². The molecule has 0 aromatic heterocycles. The first-order valence-electron chi connectivity index (χ1n) is 6.71. The van der Waals surface area contributed by atoms with Crippen LogP contribution in [0.2, 0.25) is 0 Å². The van der Waals surface area contributed by atoms with Gasteiger partial charge in [-0.25, -0.2) is 0 Å². The fourth-order valence-corrected chi connectivity index (χ4v) is 2.43. The van der Waals surface area contributed by atoms with Gasteiger partial charge in [0.1, 0.15) is 5.54 Å². The molecule has 6 heteroatoms. The van der Waals surface area contributed by atoms with E-state index in [2.05, 4.69) is 11.4 Å². The number of hydrogen-bond donors (Lipinski definition) is 1. The number of rotatable bonds is 4. The fourth-order valence-electron chi connectivity index (χ4n) is 2.43. The van der Waals surface area contributed by atoms with Crippen LogP contribution in [0.5, 0.6) is 0 Å². The van der Waals surface area contributed by atoms with Gasteiger partial charge in [0.2, 0.25) is 5.91 Å². The molecule has 0 radical (unpaired) electrons. The number of nitro groups is 1. The van der Waals surface area contributed by atoms with E-state index < -0.39 is 10.5 Å². The normalized spacial score (nSPS) is 16.5. The number of nitriles is 1. The molecule has 1 N–H and O–H groups in total. The van der Waals surface area contributed by atoms with Gasteiger partial charge in [0, 0.05) is 18.2 Å². The average Bonchev–Trinajstić information content (AvgIpc) is 2.94. The summed E-state index contributed by atoms with van der Waals surface area (Å²) in [6.45, 7) is 0. The molecule has 0 aliphatic heterocycles. The van der Waals surface area contributed by atoms with Crippen LogP contribution >= 0.6 is 0 Å². The number of nitro benzene ring substituents is 1. The third kappa shape index (κ3) is 3.66. The number of benzene rings is 1. The minimum absolute atomic E-state index is 0.0261. The summed E-state index contributed by atoms with van der Waals surface area (Å²) in [5, 5.41) is 22.6. The zero-order valence-corrected chi connectivity index (χ0v) is 11.4. The summed E-state index contributed by atoms with van der Waals surface area (Å²) in [6, 6.07) is 8.19. The number of non-ortho nitro benzene ring substituents is 1. The number of carbonyl (C=O) groups is 1. The molecule has 6 nitrogen and oxygen atoms in total. The topological polar surface area (TPSA) is 96.0 Å². The minimum Gasteiger partial charge on any atom is -0.334 e. The molecule has 1 aromatic rings. The third-order valence-electron chi connectivity index (χ3n) is 3.54. The van der Waals surface area contributed by atoms with Crippen molar-refractivity contribution in [3.8, 4) is 6.07 Å². The Bertz CT molecular complexity index is 625. The summed E-state index contributed by atoms with van der Waals surface area (Å²) >= 11 is 0. The van der Waals surface area contributed by atoms with E-state index >= 15 is 0 Å². The highest BCUT2D eigenvalue weighted by molar-refractivity contribution is 5.92. The molecule has 1 aliphatic rings. The van der Waals surface area contributed by atoms with Gasteiger partial charge < -0.3 is 5.32 Å². The Morgan fingerprint density at radius 2 is 2.14 bits per heavy atom. The van der Waals surface area contributed by atoms with Gasteiger partial charge in [-0.05, 0) is 37.3 Å². The maximum absolute atomic E-state index is 11.9. The van der Waals surface area contributed by atoms with Crippen LogP contribution in [0.25, 0.3) is 6.08 Å². The van der Waals surface area contributed by atoms with Crippen molar-refractivity contribution in [2.45, 2.75) is 31.2 Å². The minimum atomic E-state index is -0.760. The molecule has 0 bridgehead atoms. The van der Waals surface area contributed by atoms with Crippen LogP contribution in [0.15, 0.2) is 30.3 Å². The van der Waals surface area contributed by atoms with E-state index in [1.807, 2.05) is 0 Å². The second-order valence-corrected chi connectivity index (χ2v) is 5.08. The first-order valence-corrected chi connectivity index (χ1v) is 6.71. The van der Waals surface area contributed by atoms with Crippen LogP contribution in [0.1, 0.15) is 31.2 Å². The highest BCUT2D eigenvalue weighted by atomic mass is 16.6. The molecule has 21 heavy (non-hydrogen) atoms. The molecule has 1 amide bonds. The molecule has 1 aliphatic carbocycles. The molecule has 1 saturated carbocycles. The number of carbonyl (C=O) groups excluding carboxylic acids is 1. The molecule has 1 aromatic carbocycles. The molecule has 1 fully saturated rings. The van der Waals surface area contributed by atoms with Crippen molar-refractivity contribution in [2.75, 3.05) is 0 Å². The summed E-state index contributed by atoms with van der Waals surface area (Å²) in [7, 11) is 0.